The van der Waals surface area contributed by atoms with Gasteiger partial charge in [-0.3, -0.25) is 4.79 Å². The van der Waals surface area contributed by atoms with Crippen molar-refractivity contribution in [3.8, 4) is 0 Å². The first-order valence-corrected chi connectivity index (χ1v) is 7.04. The molecule has 0 aliphatic heterocycles. The first-order chi connectivity index (χ1) is 9.13. The summed E-state index contributed by atoms with van der Waals surface area (Å²) in [6.07, 6.45) is 3.09. The molecule has 2 aromatic rings. The summed E-state index contributed by atoms with van der Waals surface area (Å²) >= 11 is 0. The van der Waals surface area contributed by atoms with Crippen molar-refractivity contribution in [1.29, 1.82) is 0 Å². The van der Waals surface area contributed by atoms with E-state index in [1.54, 1.807) is 0 Å². The summed E-state index contributed by atoms with van der Waals surface area (Å²) in [5, 5.41) is 4.18. The molecule has 0 bridgehead atoms. The van der Waals surface area contributed by atoms with Gasteiger partial charge in [0.15, 0.2) is 0 Å². The zero-order valence-electron chi connectivity index (χ0n) is 11.9. The first kappa shape index (κ1) is 13.7. The highest BCUT2D eigenvalue weighted by molar-refractivity contribution is 5.98. The van der Waals surface area contributed by atoms with Gasteiger partial charge in [-0.2, -0.15) is 0 Å². The van der Waals surface area contributed by atoms with Gasteiger partial charge in [0.1, 0.15) is 5.69 Å². The van der Waals surface area contributed by atoms with Crippen LogP contribution in [0.25, 0.3) is 10.9 Å². The standard InChI is InChI=1S/C16H22N2O/c1-4-6-13(5-2)17-16(19)15-10-12-9-11(3)7-8-14(12)18-15/h7-10,13,18H,4-6H2,1-3H3,(H,17,19). The van der Waals surface area contributed by atoms with E-state index in [0.717, 1.165) is 30.2 Å². The molecule has 0 aliphatic carbocycles. The number of rotatable bonds is 5. The number of H-pyrrole nitrogens is 1. The second kappa shape index (κ2) is 5.91. The molecular weight excluding hydrogens is 236 g/mol. The lowest BCUT2D eigenvalue weighted by atomic mass is 10.1. The summed E-state index contributed by atoms with van der Waals surface area (Å²) in [5.74, 6) is -0.00541. The van der Waals surface area contributed by atoms with Crippen LogP contribution in [0.1, 0.15) is 49.2 Å². The number of nitrogens with one attached hydrogen (secondary N) is 2. The highest BCUT2D eigenvalue weighted by atomic mass is 16.1. The van der Waals surface area contributed by atoms with E-state index in [4.69, 9.17) is 0 Å². The molecule has 2 rings (SSSR count). The number of fused-ring (bicyclic) bond motifs is 1. The third-order valence-corrected chi connectivity index (χ3v) is 3.49. The fourth-order valence-electron chi connectivity index (χ4n) is 2.36. The second-order valence-electron chi connectivity index (χ2n) is 5.14. The van der Waals surface area contributed by atoms with E-state index in [-0.39, 0.29) is 11.9 Å². The number of carbonyl (C=O) groups excluding carboxylic acids is 1. The van der Waals surface area contributed by atoms with Crippen molar-refractivity contribution >= 4 is 16.8 Å². The SMILES string of the molecule is CCCC(CC)NC(=O)c1cc2cc(C)ccc2[nH]1. The third-order valence-electron chi connectivity index (χ3n) is 3.49. The maximum Gasteiger partial charge on any atom is 0.267 e. The van der Waals surface area contributed by atoms with Crippen molar-refractivity contribution in [2.75, 3.05) is 0 Å². The number of benzene rings is 1. The molecular formula is C16H22N2O. The van der Waals surface area contributed by atoms with Crippen molar-refractivity contribution in [1.82, 2.24) is 10.3 Å². The minimum Gasteiger partial charge on any atom is -0.351 e. The second-order valence-corrected chi connectivity index (χ2v) is 5.14. The van der Waals surface area contributed by atoms with Crippen molar-refractivity contribution < 1.29 is 4.79 Å². The average Bonchev–Trinajstić information content (AvgIpc) is 2.81. The van der Waals surface area contributed by atoms with Crippen LogP contribution >= 0.6 is 0 Å². The van der Waals surface area contributed by atoms with Crippen molar-refractivity contribution in [3.63, 3.8) is 0 Å². The summed E-state index contributed by atoms with van der Waals surface area (Å²) < 4.78 is 0. The van der Waals surface area contributed by atoms with Gasteiger partial charge in [-0.1, -0.05) is 31.9 Å². The zero-order chi connectivity index (χ0) is 13.8. The van der Waals surface area contributed by atoms with Crippen LogP contribution in [0.2, 0.25) is 0 Å². The molecule has 0 saturated heterocycles. The van der Waals surface area contributed by atoms with Gasteiger partial charge in [0.05, 0.1) is 0 Å². The number of aromatic amines is 1. The van der Waals surface area contributed by atoms with Crippen LogP contribution in [0.5, 0.6) is 0 Å². The molecule has 3 nitrogen and oxygen atoms in total. The van der Waals surface area contributed by atoms with Crippen molar-refractivity contribution in [2.24, 2.45) is 0 Å². The van der Waals surface area contributed by atoms with E-state index in [9.17, 15) is 4.79 Å². The lowest BCUT2D eigenvalue weighted by Gasteiger charge is -2.15. The number of aryl methyl sites for hydroxylation is 1. The average molecular weight is 258 g/mol. The molecule has 1 unspecified atom stereocenters. The van der Waals surface area contributed by atoms with E-state index in [1.807, 2.05) is 18.2 Å². The molecule has 0 saturated carbocycles. The molecule has 102 valence electrons. The summed E-state index contributed by atoms with van der Waals surface area (Å²) in [7, 11) is 0. The summed E-state index contributed by atoms with van der Waals surface area (Å²) in [5.41, 5.74) is 2.87. The molecule has 1 heterocycles. The highest BCUT2D eigenvalue weighted by Gasteiger charge is 2.13. The van der Waals surface area contributed by atoms with E-state index in [1.165, 1.54) is 5.56 Å². The van der Waals surface area contributed by atoms with Crippen LogP contribution in [0.4, 0.5) is 0 Å². The van der Waals surface area contributed by atoms with E-state index in [0.29, 0.717) is 5.69 Å². The van der Waals surface area contributed by atoms with Gasteiger partial charge >= 0.3 is 0 Å². The molecule has 1 amide bonds. The highest BCUT2D eigenvalue weighted by Crippen LogP contribution is 2.17. The minimum atomic E-state index is -0.00541. The van der Waals surface area contributed by atoms with Gasteiger partial charge in [0, 0.05) is 16.9 Å². The largest absolute Gasteiger partial charge is 0.351 e. The predicted octanol–water partition coefficient (Wildman–Crippen LogP) is 3.78. The Morgan fingerprint density at radius 1 is 1.32 bits per heavy atom. The van der Waals surface area contributed by atoms with Gasteiger partial charge in [-0.25, -0.2) is 0 Å². The molecule has 19 heavy (non-hydrogen) atoms. The van der Waals surface area contributed by atoms with Gasteiger partial charge in [0.2, 0.25) is 0 Å². The van der Waals surface area contributed by atoms with Crippen LogP contribution < -0.4 is 5.32 Å². The molecule has 0 radical (unpaired) electrons. The van der Waals surface area contributed by atoms with Crippen LogP contribution in [0, 0.1) is 6.92 Å². The maximum absolute atomic E-state index is 12.2. The molecule has 1 atom stereocenters. The Bertz CT molecular complexity index is 571. The fraction of sp³-hybridized carbons (Fsp3) is 0.438. The minimum absolute atomic E-state index is 0.00541. The predicted molar refractivity (Wildman–Crippen MR) is 79.5 cm³/mol. The molecule has 0 aliphatic rings. The Hall–Kier alpha value is -1.77. The van der Waals surface area contributed by atoms with Crippen LogP contribution in [0.3, 0.4) is 0 Å². The number of hydrogen-bond acceptors (Lipinski definition) is 1. The normalized spacial score (nSPS) is 12.6. The maximum atomic E-state index is 12.2. The van der Waals surface area contributed by atoms with Crippen LogP contribution in [-0.2, 0) is 0 Å². The summed E-state index contributed by atoms with van der Waals surface area (Å²) in [6, 6.07) is 8.35. The lowest BCUT2D eigenvalue weighted by Crippen LogP contribution is -2.34. The molecule has 0 spiro atoms. The number of carbonyl (C=O) groups is 1. The number of hydrogen-bond donors (Lipinski definition) is 2. The van der Waals surface area contributed by atoms with Crippen LogP contribution in [-0.4, -0.2) is 16.9 Å². The molecule has 1 aromatic carbocycles. The van der Waals surface area contributed by atoms with Gasteiger partial charge in [-0.05, 0) is 38.0 Å². The third kappa shape index (κ3) is 3.16. The molecule has 2 N–H and O–H groups in total. The van der Waals surface area contributed by atoms with Crippen molar-refractivity contribution in [3.05, 3.63) is 35.5 Å². The summed E-state index contributed by atoms with van der Waals surface area (Å²) in [6.45, 7) is 6.30. The Balaban J connectivity index is 2.17. The monoisotopic (exact) mass is 258 g/mol. The van der Waals surface area contributed by atoms with Gasteiger partial charge < -0.3 is 10.3 Å². The Morgan fingerprint density at radius 3 is 2.79 bits per heavy atom. The molecule has 1 aromatic heterocycles. The zero-order valence-corrected chi connectivity index (χ0v) is 11.9. The van der Waals surface area contributed by atoms with Crippen LogP contribution in [0.15, 0.2) is 24.3 Å². The van der Waals surface area contributed by atoms with E-state index >= 15 is 0 Å². The number of aromatic nitrogens is 1. The fourth-order valence-corrected chi connectivity index (χ4v) is 2.36. The Morgan fingerprint density at radius 2 is 2.11 bits per heavy atom. The quantitative estimate of drug-likeness (QED) is 0.842. The van der Waals surface area contributed by atoms with Gasteiger partial charge in [-0.15, -0.1) is 0 Å². The lowest BCUT2D eigenvalue weighted by molar-refractivity contribution is 0.0929. The molecule has 3 heteroatoms. The Labute approximate surface area is 114 Å². The van der Waals surface area contributed by atoms with E-state index < -0.39 is 0 Å². The molecule has 0 fully saturated rings. The smallest absolute Gasteiger partial charge is 0.267 e. The van der Waals surface area contributed by atoms with Gasteiger partial charge in [0.25, 0.3) is 5.91 Å². The van der Waals surface area contributed by atoms with Crippen molar-refractivity contribution in [2.45, 2.75) is 46.1 Å². The Kier molecular flexibility index (Phi) is 4.25. The van der Waals surface area contributed by atoms with E-state index in [2.05, 4.69) is 37.1 Å². The number of amides is 1. The summed E-state index contributed by atoms with van der Waals surface area (Å²) in [4.78, 5) is 15.4. The first-order valence-electron chi connectivity index (χ1n) is 7.04. The topological polar surface area (TPSA) is 44.9 Å².